The summed E-state index contributed by atoms with van der Waals surface area (Å²) in [4.78, 5) is 14.9. The second-order valence-electron chi connectivity index (χ2n) is 7.11. The van der Waals surface area contributed by atoms with Crippen LogP contribution in [0.4, 0.5) is 5.69 Å². The number of methoxy groups -OCH3 is 1. The molecule has 5 heteroatoms. The molecule has 2 aromatic rings. The first kappa shape index (κ1) is 19.2. The van der Waals surface area contributed by atoms with E-state index >= 15 is 0 Å². The third kappa shape index (κ3) is 5.47. The number of likely N-dealkylation sites (tertiary alicyclic amines) is 1. The quantitative estimate of drug-likeness (QED) is 0.738. The van der Waals surface area contributed by atoms with Gasteiger partial charge in [0.05, 0.1) is 19.6 Å². The van der Waals surface area contributed by atoms with Crippen molar-refractivity contribution in [1.82, 2.24) is 10.2 Å². The largest absolute Gasteiger partial charge is 0.497 e. The van der Waals surface area contributed by atoms with Gasteiger partial charge in [-0.1, -0.05) is 30.7 Å². The summed E-state index contributed by atoms with van der Waals surface area (Å²) in [5.74, 6) is 0.888. The van der Waals surface area contributed by atoms with Crippen LogP contribution in [0.5, 0.6) is 5.75 Å². The molecule has 1 aliphatic heterocycles. The molecule has 1 atom stereocenters. The third-order valence-electron chi connectivity index (χ3n) is 5.17. The highest BCUT2D eigenvalue weighted by Gasteiger charge is 2.23. The van der Waals surface area contributed by atoms with E-state index in [0.717, 1.165) is 24.4 Å². The number of piperidine rings is 1. The topological polar surface area (TPSA) is 67.6 Å². The van der Waals surface area contributed by atoms with Crippen LogP contribution < -0.4 is 15.8 Å². The van der Waals surface area contributed by atoms with Crippen LogP contribution in [0, 0.1) is 0 Å². The minimum atomic E-state index is 0.0373. The van der Waals surface area contributed by atoms with Crippen LogP contribution in [0.1, 0.15) is 36.4 Å². The summed E-state index contributed by atoms with van der Waals surface area (Å²) in [7, 11) is 1.68. The van der Waals surface area contributed by atoms with E-state index in [9.17, 15) is 4.79 Å². The van der Waals surface area contributed by atoms with Gasteiger partial charge in [0.1, 0.15) is 5.75 Å². The fourth-order valence-electron chi connectivity index (χ4n) is 3.61. The zero-order chi connectivity index (χ0) is 19.1. The molecule has 1 saturated heterocycles. The number of carbonyl (C=O) groups is 1. The molecule has 0 aliphatic carbocycles. The van der Waals surface area contributed by atoms with Crippen LogP contribution in [-0.4, -0.2) is 37.6 Å². The molecule has 0 radical (unpaired) electrons. The number of hydrogen-bond acceptors (Lipinski definition) is 4. The fraction of sp³-hybridized carbons (Fsp3) is 0.409. The van der Waals surface area contributed by atoms with Gasteiger partial charge in [-0.15, -0.1) is 0 Å². The summed E-state index contributed by atoms with van der Waals surface area (Å²) < 4.78 is 5.28. The maximum Gasteiger partial charge on any atom is 0.224 e. The molecule has 0 aromatic heterocycles. The molecule has 0 saturated carbocycles. The minimum absolute atomic E-state index is 0.0373. The van der Waals surface area contributed by atoms with Gasteiger partial charge in [-0.2, -0.15) is 0 Å². The lowest BCUT2D eigenvalue weighted by atomic mass is 10.0. The predicted molar refractivity (Wildman–Crippen MR) is 109 cm³/mol. The molecule has 0 bridgehead atoms. The molecule has 1 heterocycles. The Morgan fingerprint density at radius 3 is 2.37 bits per heavy atom. The maximum absolute atomic E-state index is 12.4. The molecule has 5 nitrogen and oxygen atoms in total. The summed E-state index contributed by atoms with van der Waals surface area (Å²) in [6, 6.07) is 15.8. The normalized spacial score (nSPS) is 15.9. The lowest BCUT2D eigenvalue weighted by Crippen LogP contribution is -2.41. The van der Waals surface area contributed by atoms with Gasteiger partial charge in [-0.05, 0) is 61.3 Å². The average molecular weight is 367 g/mol. The Bertz CT molecular complexity index is 722. The molecule has 1 aliphatic rings. The van der Waals surface area contributed by atoms with E-state index < -0.39 is 0 Å². The van der Waals surface area contributed by atoms with Gasteiger partial charge in [0.25, 0.3) is 0 Å². The van der Waals surface area contributed by atoms with Crippen molar-refractivity contribution in [3.8, 4) is 5.75 Å². The molecule has 144 valence electrons. The zero-order valence-electron chi connectivity index (χ0n) is 16.0. The summed E-state index contributed by atoms with van der Waals surface area (Å²) in [5.41, 5.74) is 8.61. The number of benzene rings is 2. The number of anilines is 1. The van der Waals surface area contributed by atoms with Crippen molar-refractivity contribution in [1.29, 1.82) is 0 Å². The van der Waals surface area contributed by atoms with Gasteiger partial charge in [0, 0.05) is 12.2 Å². The Labute approximate surface area is 161 Å². The van der Waals surface area contributed by atoms with E-state index in [2.05, 4.69) is 22.3 Å². The summed E-state index contributed by atoms with van der Waals surface area (Å²) in [5, 5.41) is 3.13. The number of nitrogens with two attached hydrogens (primary N) is 1. The van der Waals surface area contributed by atoms with Crippen LogP contribution >= 0.6 is 0 Å². The molecule has 0 spiro atoms. The smallest absolute Gasteiger partial charge is 0.224 e. The number of carbonyl (C=O) groups excluding carboxylic acids is 1. The number of rotatable bonds is 7. The molecule has 1 unspecified atom stereocenters. The second kappa shape index (κ2) is 9.42. The highest BCUT2D eigenvalue weighted by molar-refractivity contribution is 5.78. The fourth-order valence-corrected chi connectivity index (χ4v) is 3.61. The number of hydrogen-bond donors (Lipinski definition) is 2. The zero-order valence-corrected chi connectivity index (χ0v) is 16.0. The number of amides is 1. The Kier molecular flexibility index (Phi) is 6.71. The highest BCUT2D eigenvalue weighted by Crippen LogP contribution is 2.26. The lowest BCUT2D eigenvalue weighted by Gasteiger charge is -2.35. The van der Waals surface area contributed by atoms with Crippen LogP contribution in [0.15, 0.2) is 48.5 Å². The van der Waals surface area contributed by atoms with Crippen molar-refractivity contribution >= 4 is 11.6 Å². The van der Waals surface area contributed by atoms with Crippen LogP contribution in [-0.2, 0) is 11.2 Å². The number of nitrogen functional groups attached to an aromatic ring is 1. The van der Waals surface area contributed by atoms with Gasteiger partial charge in [0.2, 0.25) is 5.91 Å². The minimum Gasteiger partial charge on any atom is -0.497 e. The SMILES string of the molecule is COc1ccc(C(CNC(=O)Cc2ccc(N)cc2)N2CCCCC2)cc1. The van der Waals surface area contributed by atoms with Crippen molar-refractivity contribution in [3.05, 3.63) is 59.7 Å². The van der Waals surface area contributed by atoms with E-state index in [4.69, 9.17) is 10.5 Å². The van der Waals surface area contributed by atoms with Crippen LogP contribution in [0.2, 0.25) is 0 Å². The average Bonchev–Trinajstić information content (AvgIpc) is 2.71. The molecular formula is C22H29N3O2. The van der Waals surface area contributed by atoms with Crippen molar-refractivity contribution in [2.24, 2.45) is 0 Å². The van der Waals surface area contributed by atoms with E-state index in [1.165, 1.54) is 24.8 Å². The van der Waals surface area contributed by atoms with Crippen molar-refractivity contribution < 1.29 is 9.53 Å². The van der Waals surface area contributed by atoms with Crippen molar-refractivity contribution in [2.45, 2.75) is 31.7 Å². The molecule has 1 amide bonds. The molecule has 2 aromatic carbocycles. The van der Waals surface area contributed by atoms with E-state index in [0.29, 0.717) is 18.7 Å². The van der Waals surface area contributed by atoms with Crippen molar-refractivity contribution in [3.63, 3.8) is 0 Å². The first-order valence-electron chi connectivity index (χ1n) is 9.65. The Morgan fingerprint density at radius 1 is 1.07 bits per heavy atom. The Hall–Kier alpha value is -2.53. The monoisotopic (exact) mass is 367 g/mol. The van der Waals surface area contributed by atoms with Crippen LogP contribution in [0.25, 0.3) is 0 Å². The Balaban J connectivity index is 1.64. The van der Waals surface area contributed by atoms with Gasteiger partial charge < -0.3 is 15.8 Å². The van der Waals surface area contributed by atoms with Gasteiger partial charge in [-0.3, -0.25) is 9.69 Å². The van der Waals surface area contributed by atoms with E-state index in [1.54, 1.807) is 7.11 Å². The first-order valence-corrected chi connectivity index (χ1v) is 9.65. The highest BCUT2D eigenvalue weighted by atomic mass is 16.5. The summed E-state index contributed by atoms with van der Waals surface area (Å²) in [6.07, 6.45) is 4.09. The van der Waals surface area contributed by atoms with Crippen molar-refractivity contribution in [2.75, 3.05) is 32.5 Å². The van der Waals surface area contributed by atoms with Crippen LogP contribution in [0.3, 0.4) is 0 Å². The number of nitrogens with one attached hydrogen (secondary N) is 1. The molecular weight excluding hydrogens is 338 g/mol. The van der Waals surface area contributed by atoms with E-state index in [-0.39, 0.29) is 11.9 Å². The first-order chi connectivity index (χ1) is 13.2. The standard InChI is InChI=1S/C22H29N3O2/c1-27-20-11-7-18(8-12-20)21(25-13-3-2-4-14-25)16-24-22(26)15-17-5-9-19(23)10-6-17/h5-12,21H,2-4,13-16,23H2,1H3,(H,24,26). The predicted octanol–water partition coefficient (Wildman–Crippen LogP) is 3.16. The van der Waals surface area contributed by atoms with Gasteiger partial charge >= 0.3 is 0 Å². The lowest BCUT2D eigenvalue weighted by molar-refractivity contribution is -0.120. The summed E-state index contributed by atoms with van der Waals surface area (Å²) >= 11 is 0. The Morgan fingerprint density at radius 2 is 1.74 bits per heavy atom. The molecule has 27 heavy (non-hydrogen) atoms. The number of ether oxygens (including phenoxy) is 1. The van der Waals surface area contributed by atoms with Gasteiger partial charge in [-0.25, -0.2) is 0 Å². The second-order valence-corrected chi connectivity index (χ2v) is 7.11. The van der Waals surface area contributed by atoms with Gasteiger partial charge in [0.15, 0.2) is 0 Å². The molecule has 1 fully saturated rings. The molecule has 3 N–H and O–H groups in total. The molecule has 3 rings (SSSR count). The maximum atomic E-state index is 12.4. The number of nitrogens with zero attached hydrogens (tertiary/aromatic N) is 1. The summed E-state index contributed by atoms with van der Waals surface area (Å²) in [6.45, 7) is 2.76. The van der Waals surface area contributed by atoms with E-state index in [1.807, 2.05) is 36.4 Å². The third-order valence-corrected chi connectivity index (χ3v) is 5.17.